The van der Waals surface area contributed by atoms with Crippen LogP contribution in [0.1, 0.15) is 10.4 Å². The van der Waals surface area contributed by atoms with Crippen LogP contribution in [-0.2, 0) is 0 Å². The molecule has 2 N–H and O–H groups in total. The van der Waals surface area contributed by atoms with Gasteiger partial charge in [0.15, 0.2) is 0 Å². The molecule has 2 aromatic carbocycles. The Hall–Kier alpha value is -3.74. The molecule has 4 aromatic rings. The first-order chi connectivity index (χ1) is 12.3. The van der Waals surface area contributed by atoms with E-state index in [1.165, 1.54) is 0 Å². The van der Waals surface area contributed by atoms with Gasteiger partial charge in [-0.3, -0.25) is 9.78 Å². The van der Waals surface area contributed by atoms with E-state index in [4.69, 9.17) is 4.74 Å². The fourth-order valence-electron chi connectivity index (χ4n) is 2.40. The summed E-state index contributed by atoms with van der Waals surface area (Å²) < 4.78 is 5.70. The summed E-state index contributed by atoms with van der Waals surface area (Å²) in [5.74, 6) is 1.12. The van der Waals surface area contributed by atoms with Crippen molar-refractivity contribution in [1.29, 1.82) is 0 Å². The number of amides is 1. The van der Waals surface area contributed by atoms with Gasteiger partial charge in [0.25, 0.3) is 5.91 Å². The lowest BCUT2D eigenvalue weighted by Gasteiger charge is -2.08. The van der Waals surface area contributed by atoms with Crippen LogP contribution in [0.25, 0.3) is 11.0 Å². The molecule has 0 aliphatic carbocycles. The maximum absolute atomic E-state index is 12.5. The summed E-state index contributed by atoms with van der Waals surface area (Å²) >= 11 is 0. The van der Waals surface area contributed by atoms with Crippen molar-refractivity contribution in [2.75, 3.05) is 5.32 Å². The number of para-hydroxylation sites is 1. The van der Waals surface area contributed by atoms with Crippen molar-refractivity contribution in [2.45, 2.75) is 0 Å². The zero-order valence-electron chi connectivity index (χ0n) is 13.0. The van der Waals surface area contributed by atoms with Crippen molar-refractivity contribution in [3.05, 3.63) is 72.6 Å². The molecule has 122 valence electrons. The second kappa shape index (κ2) is 6.40. The number of fused-ring (bicyclic) bond motifs is 1. The summed E-state index contributed by atoms with van der Waals surface area (Å²) in [5.41, 5.74) is 2.31. The largest absolute Gasteiger partial charge is 0.457 e. The predicted octanol–water partition coefficient (Wildman–Crippen LogP) is 3.40. The van der Waals surface area contributed by atoms with Gasteiger partial charge in [-0.15, -0.1) is 0 Å². The zero-order valence-corrected chi connectivity index (χ0v) is 13.0. The van der Waals surface area contributed by atoms with Gasteiger partial charge in [0.1, 0.15) is 22.5 Å². The molecule has 0 radical (unpaired) electrons. The number of carbonyl (C=O) groups is 1. The standard InChI is InChI=1S/C18H13N5O2/c24-18(15-2-1-3-16-17(15)22-23-21-16)20-12-4-6-13(7-5-12)25-14-8-10-19-11-9-14/h1-11H,(H,20,24)(H,21,22,23). The van der Waals surface area contributed by atoms with Crippen LogP contribution in [0.2, 0.25) is 0 Å². The molecule has 2 heterocycles. The summed E-state index contributed by atoms with van der Waals surface area (Å²) in [6.45, 7) is 0. The van der Waals surface area contributed by atoms with Crippen molar-refractivity contribution < 1.29 is 9.53 Å². The fourth-order valence-corrected chi connectivity index (χ4v) is 2.40. The fraction of sp³-hybridized carbons (Fsp3) is 0. The van der Waals surface area contributed by atoms with E-state index < -0.39 is 0 Å². The van der Waals surface area contributed by atoms with Gasteiger partial charge < -0.3 is 10.1 Å². The van der Waals surface area contributed by atoms with E-state index in [-0.39, 0.29) is 5.91 Å². The number of aromatic nitrogens is 4. The maximum Gasteiger partial charge on any atom is 0.258 e. The number of hydrogen-bond acceptors (Lipinski definition) is 5. The molecule has 0 spiro atoms. The lowest BCUT2D eigenvalue weighted by atomic mass is 10.1. The lowest BCUT2D eigenvalue weighted by Crippen LogP contribution is -2.12. The van der Waals surface area contributed by atoms with Crippen LogP contribution in [0.3, 0.4) is 0 Å². The molecule has 0 fully saturated rings. The Balaban J connectivity index is 1.49. The normalized spacial score (nSPS) is 10.6. The van der Waals surface area contributed by atoms with Gasteiger partial charge >= 0.3 is 0 Å². The van der Waals surface area contributed by atoms with Crippen molar-refractivity contribution in [1.82, 2.24) is 20.4 Å². The Labute approximate surface area is 142 Å². The molecule has 7 heteroatoms. The summed E-state index contributed by atoms with van der Waals surface area (Å²) in [6, 6.07) is 15.9. The topological polar surface area (TPSA) is 92.8 Å². The first kappa shape index (κ1) is 14.8. The number of nitrogens with one attached hydrogen (secondary N) is 2. The number of carbonyl (C=O) groups excluding carboxylic acids is 1. The molecule has 0 atom stereocenters. The number of pyridine rings is 1. The summed E-state index contributed by atoms with van der Waals surface area (Å²) in [7, 11) is 0. The van der Waals surface area contributed by atoms with Gasteiger partial charge in [0, 0.05) is 18.1 Å². The van der Waals surface area contributed by atoms with Gasteiger partial charge in [-0.05, 0) is 48.5 Å². The third kappa shape index (κ3) is 3.16. The highest BCUT2D eigenvalue weighted by Crippen LogP contribution is 2.23. The summed E-state index contributed by atoms with van der Waals surface area (Å²) in [5, 5.41) is 13.4. The van der Waals surface area contributed by atoms with Crippen molar-refractivity contribution in [2.24, 2.45) is 0 Å². The van der Waals surface area contributed by atoms with E-state index in [9.17, 15) is 4.79 Å². The van der Waals surface area contributed by atoms with E-state index in [1.807, 2.05) is 0 Å². The molecule has 4 rings (SSSR count). The monoisotopic (exact) mass is 331 g/mol. The Morgan fingerprint density at radius 1 is 0.920 bits per heavy atom. The summed E-state index contributed by atoms with van der Waals surface area (Å²) in [4.78, 5) is 16.4. The van der Waals surface area contributed by atoms with Gasteiger partial charge in [-0.1, -0.05) is 6.07 Å². The quantitative estimate of drug-likeness (QED) is 0.598. The van der Waals surface area contributed by atoms with Crippen LogP contribution >= 0.6 is 0 Å². The van der Waals surface area contributed by atoms with Crippen molar-refractivity contribution in [3.63, 3.8) is 0 Å². The SMILES string of the molecule is O=C(Nc1ccc(Oc2ccncc2)cc1)c1cccc2n[nH]nc12. The Morgan fingerprint density at radius 3 is 2.48 bits per heavy atom. The number of H-pyrrole nitrogens is 1. The van der Waals surface area contributed by atoms with E-state index in [0.29, 0.717) is 33.8 Å². The molecular formula is C18H13N5O2. The average molecular weight is 331 g/mol. The number of rotatable bonds is 4. The highest BCUT2D eigenvalue weighted by Gasteiger charge is 2.12. The van der Waals surface area contributed by atoms with Crippen LogP contribution in [-0.4, -0.2) is 26.3 Å². The Morgan fingerprint density at radius 2 is 1.68 bits per heavy atom. The second-order valence-corrected chi connectivity index (χ2v) is 5.26. The zero-order chi connectivity index (χ0) is 17.1. The number of aromatic amines is 1. The Bertz CT molecular complexity index is 1010. The molecule has 0 aliphatic rings. The van der Waals surface area contributed by atoms with Gasteiger partial charge in [-0.25, -0.2) is 0 Å². The maximum atomic E-state index is 12.5. The second-order valence-electron chi connectivity index (χ2n) is 5.26. The van der Waals surface area contributed by atoms with E-state index in [0.717, 1.165) is 0 Å². The number of hydrogen-bond donors (Lipinski definition) is 2. The molecule has 2 aromatic heterocycles. The van der Waals surface area contributed by atoms with E-state index in [2.05, 4.69) is 25.7 Å². The lowest BCUT2D eigenvalue weighted by molar-refractivity contribution is 0.102. The molecule has 0 saturated carbocycles. The third-order valence-corrected chi connectivity index (χ3v) is 3.59. The van der Waals surface area contributed by atoms with Crippen molar-refractivity contribution >= 4 is 22.6 Å². The number of anilines is 1. The number of ether oxygens (including phenoxy) is 1. The van der Waals surface area contributed by atoms with Crippen LogP contribution in [0.15, 0.2) is 67.0 Å². The minimum absolute atomic E-state index is 0.248. The van der Waals surface area contributed by atoms with Crippen LogP contribution in [0.5, 0.6) is 11.5 Å². The third-order valence-electron chi connectivity index (χ3n) is 3.59. The number of nitrogens with zero attached hydrogens (tertiary/aromatic N) is 3. The first-order valence-electron chi connectivity index (χ1n) is 7.58. The average Bonchev–Trinajstić information content (AvgIpc) is 3.13. The van der Waals surface area contributed by atoms with Crippen LogP contribution in [0, 0.1) is 0 Å². The molecule has 0 aliphatic heterocycles. The van der Waals surface area contributed by atoms with Crippen LogP contribution in [0.4, 0.5) is 5.69 Å². The predicted molar refractivity (Wildman–Crippen MR) is 92.6 cm³/mol. The molecule has 0 unspecified atom stereocenters. The summed E-state index contributed by atoms with van der Waals surface area (Å²) in [6.07, 6.45) is 3.32. The van der Waals surface area contributed by atoms with Gasteiger partial charge in [0.05, 0.1) is 5.56 Å². The minimum atomic E-state index is -0.248. The van der Waals surface area contributed by atoms with Gasteiger partial charge in [-0.2, -0.15) is 15.4 Å². The molecule has 7 nitrogen and oxygen atoms in total. The van der Waals surface area contributed by atoms with Crippen LogP contribution < -0.4 is 10.1 Å². The number of benzene rings is 2. The van der Waals surface area contributed by atoms with E-state index >= 15 is 0 Å². The highest BCUT2D eigenvalue weighted by molar-refractivity contribution is 6.11. The molecule has 0 saturated heterocycles. The van der Waals surface area contributed by atoms with Gasteiger partial charge in [0.2, 0.25) is 0 Å². The molecular weight excluding hydrogens is 318 g/mol. The van der Waals surface area contributed by atoms with Crippen molar-refractivity contribution in [3.8, 4) is 11.5 Å². The molecule has 1 amide bonds. The highest BCUT2D eigenvalue weighted by atomic mass is 16.5. The smallest absolute Gasteiger partial charge is 0.258 e. The minimum Gasteiger partial charge on any atom is -0.457 e. The Kier molecular flexibility index (Phi) is 3.80. The first-order valence-corrected chi connectivity index (χ1v) is 7.58. The molecule has 25 heavy (non-hydrogen) atoms. The molecule has 0 bridgehead atoms. The van der Waals surface area contributed by atoms with E-state index in [1.54, 1.807) is 67.0 Å².